The van der Waals surface area contributed by atoms with Crippen LogP contribution >= 0.6 is 0 Å². The van der Waals surface area contributed by atoms with E-state index in [0.29, 0.717) is 6.04 Å². The Morgan fingerprint density at radius 1 is 1.10 bits per heavy atom. The van der Waals surface area contributed by atoms with Crippen molar-refractivity contribution in [1.29, 1.82) is 0 Å². The van der Waals surface area contributed by atoms with Gasteiger partial charge in [0.25, 0.3) is 0 Å². The molecular weight excluding hydrogens is 256 g/mol. The third kappa shape index (κ3) is 4.74. The highest BCUT2D eigenvalue weighted by Crippen LogP contribution is 2.29. The summed E-state index contributed by atoms with van der Waals surface area (Å²) in [6.07, 6.45) is 11.8. The first-order chi connectivity index (χ1) is 10.4. The Morgan fingerprint density at radius 3 is 2.71 bits per heavy atom. The maximum atomic E-state index is 6.11. The second kappa shape index (κ2) is 9.09. The van der Waals surface area contributed by atoms with Crippen molar-refractivity contribution in [2.24, 2.45) is 5.73 Å². The number of fused-ring (bicyclic) bond motifs is 1. The number of hydrogen-bond donors (Lipinski definition) is 1. The van der Waals surface area contributed by atoms with Gasteiger partial charge in [0.05, 0.1) is 0 Å². The lowest BCUT2D eigenvalue weighted by molar-refractivity contribution is 0.507. The molecule has 0 amide bonds. The largest absolute Gasteiger partial charge is 0.367 e. The number of anilines is 1. The average Bonchev–Trinajstić information content (AvgIpc) is 2.74. The molecule has 2 nitrogen and oxygen atoms in total. The summed E-state index contributed by atoms with van der Waals surface area (Å²) < 4.78 is 0. The SMILES string of the molecule is CCCCCCCC(CN)N1CCCCc2ccccc21. The zero-order chi connectivity index (χ0) is 14.9. The van der Waals surface area contributed by atoms with E-state index < -0.39 is 0 Å². The van der Waals surface area contributed by atoms with Gasteiger partial charge < -0.3 is 10.6 Å². The molecule has 2 heteroatoms. The fraction of sp³-hybridized carbons (Fsp3) is 0.684. The second-order valence-electron chi connectivity index (χ2n) is 6.37. The molecule has 1 unspecified atom stereocenters. The van der Waals surface area contributed by atoms with Gasteiger partial charge in [0.15, 0.2) is 0 Å². The normalized spacial score (nSPS) is 16.4. The minimum Gasteiger partial charge on any atom is -0.367 e. The molecule has 0 fully saturated rings. The van der Waals surface area contributed by atoms with Crippen molar-refractivity contribution in [2.45, 2.75) is 70.8 Å². The van der Waals surface area contributed by atoms with Gasteiger partial charge in [0.2, 0.25) is 0 Å². The summed E-state index contributed by atoms with van der Waals surface area (Å²) >= 11 is 0. The number of nitrogens with two attached hydrogens (primary N) is 1. The minimum absolute atomic E-state index is 0.519. The Hall–Kier alpha value is -1.02. The molecule has 0 aromatic heterocycles. The fourth-order valence-electron chi connectivity index (χ4n) is 3.48. The maximum absolute atomic E-state index is 6.11. The number of nitrogens with zero attached hydrogens (tertiary/aromatic N) is 1. The lowest BCUT2D eigenvalue weighted by Gasteiger charge is -2.33. The predicted molar refractivity (Wildman–Crippen MR) is 92.9 cm³/mol. The zero-order valence-electron chi connectivity index (χ0n) is 13.7. The van der Waals surface area contributed by atoms with Crippen LogP contribution in [-0.2, 0) is 6.42 Å². The van der Waals surface area contributed by atoms with Crippen LogP contribution in [0.1, 0.15) is 63.9 Å². The van der Waals surface area contributed by atoms with E-state index in [1.165, 1.54) is 75.6 Å². The number of para-hydroxylation sites is 1. The fourth-order valence-corrected chi connectivity index (χ4v) is 3.48. The lowest BCUT2D eigenvalue weighted by Crippen LogP contribution is -2.41. The molecule has 1 heterocycles. The molecule has 118 valence electrons. The molecule has 0 saturated carbocycles. The van der Waals surface area contributed by atoms with Crippen molar-refractivity contribution in [3.8, 4) is 0 Å². The van der Waals surface area contributed by atoms with Gasteiger partial charge in [0, 0.05) is 24.8 Å². The Balaban J connectivity index is 1.97. The molecule has 2 N–H and O–H groups in total. The first-order valence-electron chi connectivity index (χ1n) is 8.91. The van der Waals surface area contributed by atoms with Crippen molar-refractivity contribution < 1.29 is 0 Å². The Bertz CT molecular complexity index is 402. The van der Waals surface area contributed by atoms with E-state index in [1.54, 1.807) is 0 Å². The van der Waals surface area contributed by atoms with Crippen molar-refractivity contribution in [2.75, 3.05) is 18.0 Å². The van der Waals surface area contributed by atoms with E-state index in [2.05, 4.69) is 36.1 Å². The van der Waals surface area contributed by atoms with Gasteiger partial charge in [-0.3, -0.25) is 0 Å². The molecule has 1 aromatic carbocycles. The van der Waals surface area contributed by atoms with Gasteiger partial charge in [-0.25, -0.2) is 0 Å². The van der Waals surface area contributed by atoms with Crippen molar-refractivity contribution in [1.82, 2.24) is 0 Å². The summed E-state index contributed by atoms with van der Waals surface area (Å²) in [5.41, 5.74) is 9.07. The van der Waals surface area contributed by atoms with Crippen LogP contribution in [0.25, 0.3) is 0 Å². The average molecular weight is 288 g/mol. The van der Waals surface area contributed by atoms with Crippen molar-refractivity contribution >= 4 is 5.69 Å². The van der Waals surface area contributed by atoms with E-state index >= 15 is 0 Å². The van der Waals surface area contributed by atoms with Gasteiger partial charge >= 0.3 is 0 Å². The zero-order valence-corrected chi connectivity index (χ0v) is 13.7. The molecule has 0 spiro atoms. The standard InChI is InChI=1S/C19H32N2/c1-2-3-4-5-6-13-18(16-20)21-15-10-9-12-17-11-7-8-14-19(17)21/h7-8,11,14,18H,2-6,9-10,12-13,15-16,20H2,1H3. The Labute approximate surface area is 130 Å². The van der Waals surface area contributed by atoms with Gasteiger partial charge in [-0.15, -0.1) is 0 Å². The number of benzene rings is 1. The van der Waals surface area contributed by atoms with E-state index in [9.17, 15) is 0 Å². The molecule has 0 saturated heterocycles. The highest BCUT2D eigenvalue weighted by Gasteiger charge is 2.21. The third-order valence-electron chi connectivity index (χ3n) is 4.75. The van der Waals surface area contributed by atoms with E-state index in [4.69, 9.17) is 5.73 Å². The van der Waals surface area contributed by atoms with Crippen molar-refractivity contribution in [3.05, 3.63) is 29.8 Å². The summed E-state index contributed by atoms with van der Waals surface area (Å²) in [6.45, 7) is 4.23. The van der Waals surface area contributed by atoms with E-state index in [1.807, 2.05) is 0 Å². The summed E-state index contributed by atoms with van der Waals surface area (Å²) in [7, 11) is 0. The molecule has 0 bridgehead atoms. The summed E-state index contributed by atoms with van der Waals surface area (Å²) in [5.74, 6) is 0. The summed E-state index contributed by atoms with van der Waals surface area (Å²) in [6, 6.07) is 9.45. The van der Waals surface area contributed by atoms with Gasteiger partial charge in [0.1, 0.15) is 0 Å². The molecule has 0 aliphatic carbocycles. The monoisotopic (exact) mass is 288 g/mol. The molecule has 21 heavy (non-hydrogen) atoms. The molecular formula is C19H32N2. The lowest BCUT2D eigenvalue weighted by atomic mass is 10.0. The maximum Gasteiger partial charge on any atom is 0.0412 e. The Morgan fingerprint density at radius 2 is 1.90 bits per heavy atom. The smallest absolute Gasteiger partial charge is 0.0412 e. The van der Waals surface area contributed by atoms with Gasteiger partial charge in [-0.2, -0.15) is 0 Å². The van der Waals surface area contributed by atoms with E-state index in [0.717, 1.165) is 6.54 Å². The highest BCUT2D eigenvalue weighted by molar-refractivity contribution is 5.55. The molecule has 0 radical (unpaired) electrons. The summed E-state index contributed by atoms with van der Waals surface area (Å²) in [5, 5.41) is 0. The van der Waals surface area contributed by atoms with Crippen LogP contribution in [0.2, 0.25) is 0 Å². The van der Waals surface area contributed by atoms with Crippen molar-refractivity contribution in [3.63, 3.8) is 0 Å². The van der Waals surface area contributed by atoms with Gasteiger partial charge in [-0.1, -0.05) is 57.2 Å². The Kier molecular flexibility index (Phi) is 7.08. The van der Waals surface area contributed by atoms with Crippen LogP contribution in [0.3, 0.4) is 0 Å². The third-order valence-corrected chi connectivity index (χ3v) is 4.75. The number of unbranched alkanes of at least 4 members (excludes halogenated alkanes) is 4. The molecule has 1 aromatic rings. The molecule has 1 aliphatic heterocycles. The number of rotatable bonds is 8. The number of aryl methyl sites for hydroxylation is 1. The molecule has 1 atom stereocenters. The minimum atomic E-state index is 0.519. The first kappa shape index (κ1) is 16.4. The first-order valence-corrected chi connectivity index (χ1v) is 8.91. The number of hydrogen-bond acceptors (Lipinski definition) is 2. The quantitative estimate of drug-likeness (QED) is 0.713. The summed E-state index contributed by atoms with van der Waals surface area (Å²) in [4.78, 5) is 2.60. The van der Waals surface area contributed by atoms with Crippen LogP contribution in [0.4, 0.5) is 5.69 Å². The van der Waals surface area contributed by atoms with Crippen LogP contribution < -0.4 is 10.6 Å². The predicted octanol–water partition coefficient (Wildman–Crippen LogP) is 4.52. The topological polar surface area (TPSA) is 29.3 Å². The van der Waals surface area contributed by atoms with E-state index in [-0.39, 0.29) is 0 Å². The van der Waals surface area contributed by atoms with Crippen LogP contribution in [-0.4, -0.2) is 19.1 Å². The molecule has 1 aliphatic rings. The highest BCUT2D eigenvalue weighted by atomic mass is 15.2. The molecule has 2 rings (SSSR count). The van der Waals surface area contributed by atoms with Gasteiger partial charge in [-0.05, 0) is 37.3 Å². The second-order valence-corrected chi connectivity index (χ2v) is 6.37. The van der Waals surface area contributed by atoms with Crippen LogP contribution in [0, 0.1) is 0 Å². The van der Waals surface area contributed by atoms with Crippen LogP contribution in [0.15, 0.2) is 24.3 Å². The van der Waals surface area contributed by atoms with Crippen LogP contribution in [0.5, 0.6) is 0 Å².